The van der Waals surface area contributed by atoms with Crippen molar-refractivity contribution in [1.82, 2.24) is 4.98 Å². The van der Waals surface area contributed by atoms with Crippen molar-refractivity contribution in [3.63, 3.8) is 0 Å². The van der Waals surface area contributed by atoms with Gasteiger partial charge in [-0.25, -0.2) is 9.37 Å². The number of thioether (sulfide) groups is 1. The molecule has 2 N–H and O–H groups in total. The number of aromatic nitrogens is 1. The number of hydrogen-bond acceptors (Lipinski definition) is 4. The average Bonchev–Trinajstić information content (AvgIpc) is 2.68. The molecule has 0 bridgehead atoms. The van der Waals surface area contributed by atoms with E-state index in [4.69, 9.17) is 10.2 Å². The Balaban J connectivity index is 2.06. The molecular weight excluding hydrogens is 263 g/mol. The topological polar surface area (TPSA) is 52.0 Å². The lowest BCUT2D eigenvalue weighted by Gasteiger charge is -2.18. The van der Waals surface area contributed by atoms with E-state index in [1.807, 2.05) is 20.8 Å². The molecule has 0 saturated carbocycles. The lowest BCUT2D eigenvalue weighted by atomic mass is 10.1. The SMILES string of the molecule is Cc1nc(SC(C)C(N)c2ccc(F)cc2)oc1C. The maximum absolute atomic E-state index is 12.9. The van der Waals surface area contributed by atoms with Crippen LogP contribution in [0.5, 0.6) is 0 Å². The summed E-state index contributed by atoms with van der Waals surface area (Å²) in [6.07, 6.45) is 0. The summed E-state index contributed by atoms with van der Waals surface area (Å²) < 4.78 is 18.4. The molecule has 0 aliphatic rings. The van der Waals surface area contributed by atoms with Crippen LogP contribution in [0.2, 0.25) is 0 Å². The molecular formula is C14H17FN2OS. The molecule has 0 saturated heterocycles. The van der Waals surface area contributed by atoms with Gasteiger partial charge >= 0.3 is 0 Å². The summed E-state index contributed by atoms with van der Waals surface area (Å²) >= 11 is 1.49. The van der Waals surface area contributed by atoms with Gasteiger partial charge in [-0.1, -0.05) is 30.8 Å². The molecule has 0 aliphatic heterocycles. The molecule has 1 aromatic carbocycles. The van der Waals surface area contributed by atoms with Gasteiger partial charge in [-0.05, 0) is 31.5 Å². The number of nitrogens with two attached hydrogens (primary N) is 1. The second-order valence-electron chi connectivity index (χ2n) is 4.52. The van der Waals surface area contributed by atoms with Crippen LogP contribution in [-0.4, -0.2) is 10.2 Å². The third kappa shape index (κ3) is 3.36. The highest BCUT2D eigenvalue weighted by molar-refractivity contribution is 7.99. The van der Waals surface area contributed by atoms with Crippen molar-refractivity contribution < 1.29 is 8.81 Å². The summed E-state index contributed by atoms with van der Waals surface area (Å²) in [5.41, 5.74) is 7.97. The standard InChI is InChI=1S/C14H17FN2OS/c1-8-9(2)18-14(17-8)19-10(3)13(16)11-4-6-12(15)7-5-11/h4-7,10,13H,16H2,1-3H3. The zero-order valence-corrected chi connectivity index (χ0v) is 12.0. The molecule has 2 atom stereocenters. The highest BCUT2D eigenvalue weighted by Crippen LogP contribution is 2.31. The maximum atomic E-state index is 12.9. The van der Waals surface area contributed by atoms with Crippen LogP contribution in [0.15, 0.2) is 33.9 Å². The first-order valence-corrected chi connectivity index (χ1v) is 6.97. The van der Waals surface area contributed by atoms with E-state index in [0.717, 1.165) is 17.0 Å². The van der Waals surface area contributed by atoms with Crippen molar-refractivity contribution in [2.75, 3.05) is 0 Å². The van der Waals surface area contributed by atoms with E-state index in [9.17, 15) is 4.39 Å². The fraction of sp³-hybridized carbons (Fsp3) is 0.357. The van der Waals surface area contributed by atoms with Crippen molar-refractivity contribution in [2.45, 2.75) is 37.3 Å². The second-order valence-corrected chi connectivity index (χ2v) is 5.85. The van der Waals surface area contributed by atoms with Crippen molar-refractivity contribution in [2.24, 2.45) is 5.73 Å². The molecule has 2 unspecified atom stereocenters. The molecule has 2 aromatic rings. The Kier molecular flexibility index (Phi) is 4.27. The van der Waals surface area contributed by atoms with E-state index < -0.39 is 0 Å². The minimum absolute atomic E-state index is 0.0860. The van der Waals surface area contributed by atoms with Gasteiger partial charge in [0.25, 0.3) is 5.22 Å². The number of halogens is 1. The third-order valence-corrected chi connectivity index (χ3v) is 4.10. The molecule has 0 radical (unpaired) electrons. The molecule has 0 fully saturated rings. The lowest BCUT2D eigenvalue weighted by molar-refractivity contribution is 0.429. The Bertz CT molecular complexity index is 534. The van der Waals surface area contributed by atoms with E-state index in [1.54, 1.807) is 12.1 Å². The quantitative estimate of drug-likeness (QED) is 0.869. The highest BCUT2D eigenvalue weighted by Gasteiger charge is 2.19. The molecule has 1 aromatic heterocycles. The number of oxazole rings is 1. The van der Waals surface area contributed by atoms with Crippen LogP contribution < -0.4 is 5.73 Å². The van der Waals surface area contributed by atoms with Crippen molar-refractivity contribution >= 4 is 11.8 Å². The van der Waals surface area contributed by atoms with Crippen LogP contribution in [-0.2, 0) is 0 Å². The van der Waals surface area contributed by atoms with Crippen molar-refractivity contribution in [3.8, 4) is 0 Å². The number of nitrogens with zero attached hydrogens (tertiary/aromatic N) is 1. The van der Waals surface area contributed by atoms with Gasteiger partial charge in [0, 0.05) is 11.3 Å². The van der Waals surface area contributed by atoms with Crippen LogP contribution in [0.25, 0.3) is 0 Å². The average molecular weight is 280 g/mol. The minimum Gasteiger partial charge on any atom is -0.437 e. The van der Waals surface area contributed by atoms with Gasteiger partial charge in [0.05, 0.1) is 5.69 Å². The minimum atomic E-state index is -0.254. The van der Waals surface area contributed by atoms with Gasteiger partial charge in [0.15, 0.2) is 0 Å². The number of aryl methyl sites for hydroxylation is 2. The first-order valence-electron chi connectivity index (χ1n) is 6.09. The number of benzene rings is 1. The van der Waals surface area contributed by atoms with Gasteiger partial charge in [-0.3, -0.25) is 0 Å². The van der Waals surface area contributed by atoms with Gasteiger partial charge in [-0.15, -0.1) is 0 Å². The predicted octanol–water partition coefficient (Wildman–Crippen LogP) is 3.61. The molecule has 1 heterocycles. The van der Waals surface area contributed by atoms with Gasteiger partial charge in [-0.2, -0.15) is 0 Å². The molecule has 0 amide bonds. The molecule has 5 heteroatoms. The third-order valence-electron chi connectivity index (χ3n) is 3.06. The Hall–Kier alpha value is -1.33. The van der Waals surface area contributed by atoms with E-state index in [1.165, 1.54) is 23.9 Å². The smallest absolute Gasteiger partial charge is 0.256 e. The molecule has 19 heavy (non-hydrogen) atoms. The van der Waals surface area contributed by atoms with Crippen LogP contribution in [0.1, 0.15) is 30.0 Å². The number of rotatable bonds is 4. The summed E-state index contributed by atoms with van der Waals surface area (Å²) in [7, 11) is 0. The largest absolute Gasteiger partial charge is 0.437 e. The molecule has 3 nitrogen and oxygen atoms in total. The fourth-order valence-corrected chi connectivity index (χ4v) is 2.67. The van der Waals surface area contributed by atoms with E-state index in [0.29, 0.717) is 5.22 Å². The summed E-state index contributed by atoms with van der Waals surface area (Å²) in [5.74, 6) is 0.570. The summed E-state index contributed by atoms with van der Waals surface area (Å²) in [4.78, 5) is 4.32. The molecule has 2 rings (SSSR count). The van der Waals surface area contributed by atoms with Crippen LogP contribution in [0.4, 0.5) is 4.39 Å². The Labute approximate surface area is 116 Å². The maximum Gasteiger partial charge on any atom is 0.256 e. The van der Waals surface area contributed by atoms with Crippen LogP contribution >= 0.6 is 11.8 Å². The van der Waals surface area contributed by atoms with E-state index in [2.05, 4.69) is 4.98 Å². The highest BCUT2D eigenvalue weighted by atomic mass is 32.2. The summed E-state index contributed by atoms with van der Waals surface area (Å²) in [6.45, 7) is 5.80. The molecule has 102 valence electrons. The summed E-state index contributed by atoms with van der Waals surface area (Å²) in [6, 6.07) is 6.07. The normalized spacial score (nSPS) is 14.4. The first kappa shape index (κ1) is 14.1. The Morgan fingerprint density at radius 1 is 1.26 bits per heavy atom. The predicted molar refractivity (Wildman–Crippen MR) is 74.6 cm³/mol. The number of hydrogen-bond donors (Lipinski definition) is 1. The molecule has 0 aliphatic carbocycles. The van der Waals surface area contributed by atoms with E-state index >= 15 is 0 Å². The first-order chi connectivity index (χ1) is 8.97. The van der Waals surface area contributed by atoms with E-state index in [-0.39, 0.29) is 17.1 Å². The van der Waals surface area contributed by atoms with Crippen molar-refractivity contribution in [3.05, 3.63) is 47.1 Å². The fourth-order valence-electron chi connectivity index (χ4n) is 1.68. The summed E-state index contributed by atoms with van der Waals surface area (Å²) in [5, 5.41) is 0.711. The Morgan fingerprint density at radius 2 is 1.89 bits per heavy atom. The van der Waals surface area contributed by atoms with Crippen LogP contribution in [0, 0.1) is 19.7 Å². The Morgan fingerprint density at radius 3 is 2.42 bits per heavy atom. The zero-order valence-electron chi connectivity index (χ0n) is 11.2. The monoisotopic (exact) mass is 280 g/mol. The van der Waals surface area contributed by atoms with Gasteiger partial charge in [0.1, 0.15) is 11.6 Å². The van der Waals surface area contributed by atoms with Crippen LogP contribution in [0.3, 0.4) is 0 Å². The zero-order chi connectivity index (χ0) is 14.0. The van der Waals surface area contributed by atoms with Gasteiger partial charge < -0.3 is 10.2 Å². The van der Waals surface area contributed by atoms with Gasteiger partial charge in [0.2, 0.25) is 0 Å². The lowest BCUT2D eigenvalue weighted by Crippen LogP contribution is -2.21. The second kappa shape index (κ2) is 5.75. The van der Waals surface area contributed by atoms with Crippen molar-refractivity contribution in [1.29, 1.82) is 0 Å². The molecule has 0 spiro atoms.